The van der Waals surface area contributed by atoms with E-state index in [1.54, 1.807) is 30.5 Å². The number of carbonyl (C=O) groups excluding carboxylic acids is 1. The first kappa shape index (κ1) is 16.4. The highest BCUT2D eigenvalue weighted by atomic mass is 16.5. The zero-order valence-electron chi connectivity index (χ0n) is 13.4. The van der Waals surface area contributed by atoms with Crippen molar-refractivity contribution >= 4 is 5.91 Å². The summed E-state index contributed by atoms with van der Waals surface area (Å²) in [5, 5.41) is 6.40. The van der Waals surface area contributed by atoms with Crippen molar-refractivity contribution in [2.45, 2.75) is 13.5 Å². The van der Waals surface area contributed by atoms with Gasteiger partial charge in [-0.2, -0.15) is 4.98 Å². The van der Waals surface area contributed by atoms with Gasteiger partial charge in [0.05, 0.1) is 18.7 Å². The van der Waals surface area contributed by atoms with Crippen LogP contribution in [0, 0.1) is 0 Å². The van der Waals surface area contributed by atoms with Gasteiger partial charge in [-0.25, -0.2) is 4.98 Å². The topological polar surface area (TPSA) is 123 Å². The summed E-state index contributed by atoms with van der Waals surface area (Å²) in [5.41, 5.74) is 0.272. The van der Waals surface area contributed by atoms with Crippen molar-refractivity contribution in [2.75, 3.05) is 6.61 Å². The van der Waals surface area contributed by atoms with E-state index in [2.05, 4.69) is 25.4 Å². The minimum absolute atomic E-state index is 0.0109. The van der Waals surface area contributed by atoms with E-state index in [9.17, 15) is 9.59 Å². The molecule has 3 aromatic heterocycles. The molecule has 3 aromatic rings. The van der Waals surface area contributed by atoms with Gasteiger partial charge in [-0.15, -0.1) is 0 Å². The van der Waals surface area contributed by atoms with Gasteiger partial charge in [0.15, 0.2) is 0 Å². The van der Waals surface area contributed by atoms with Gasteiger partial charge in [0.2, 0.25) is 17.6 Å². The fraction of sp³-hybridized carbons (Fsp3) is 0.188. The molecule has 25 heavy (non-hydrogen) atoms. The summed E-state index contributed by atoms with van der Waals surface area (Å²) >= 11 is 0. The number of nitrogens with one attached hydrogen (secondary N) is 2. The lowest BCUT2D eigenvalue weighted by Crippen LogP contribution is -2.24. The normalized spacial score (nSPS) is 10.4. The summed E-state index contributed by atoms with van der Waals surface area (Å²) in [6.07, 6.45) is 3.06. The lowest BCUT2D eigenvalue weighted by Gasteiger charge is -2.07. The van der Waals surface area contributed by atoms with Crippen LogP contribution in [0.5, 0.6) is 5.88 Å². The largest absolute Gasteiger partial charge is 0.477 e. The molecule has 9 nitrogen and oxygen atoms in total. The number of ether oxygens (including phenoxy) is 1. The molecule has 3 rings (SSSR count). The van der Waals surface area contributed by atoms with Crippen LogP contribution in [0.3, 0.4) is 0 Å². The fourth-order valence-corrected chi connectivity index (χ4v) is 2.10. The van der Waals surface area contributed by atoms with Crippen molar-refractivity contribution in [3.8, 4) is 17.3 Å². The van der Waals surface area contributed by atoms with Gasteiger partial charge in [-0.3, -0.25) is 9.59 Å². The third-order valence-corrected chi connectivity index (χ3v) is 3.22. The van der Waals surface area contributed by atoms with Crippen molar-refractivity contribution in [3.05, 3.63) is 58.5 Å². The fourth-order valence-electron chi connectivity index (χ4n) is 2.10. The number of rotatable bonds is 6. The third kappa shape index (κ3) is 3.71. The SMILES string of the molecule is CCOc1ncccc1C(=O)NCc1nc(-c2ccc[nH]c2=O)no1. The van der Waals surface area contributed by atoms with Gasteiger partial charge in [-0.05, 0) is 31.2 Å². The zero-order chi connectivity index (χ0) is 17.6. The van der Waals surface area contributed by atoms with E-state index in [-0.39, 0.29) is 41.2 Å². The van der Waals surface area contributed by atoms with Crippen molar-refractivity contribution in [2.24, 2.45) is 0 Å². The Kier molecular flexibility index (Phi) is 4.84. The molecule has 2 N–H and O–H groups in total. The minimum Gasteiger partial charge on any atom is -0.477 e. The van der Waals surface area contributed by atoms with E-state index in [1.807, 2.05) is 6.92 Å². The van der Waals surface area contributed by atoms with Crippen LogP contribution in [-0.4, -0.2) is 32.6 Å². The van der Waals surface area contributed by atoms with Gasteiger partial charge in [0.25, 0.3) is 11.5 Å². The Labute approximate surface area is 142 Å². The number of carbonyl (C=O) groups is 1. The third-order valence-electron chi connectivity index (χ3n) is 3.22. The Hall–Kier alpha value is -3.49. The Morgan fingerprint density at radius 3 is 3.04 bits per heavy atom. The number of aromatic nitrogens is 4. The second kappa shape index (κ2) is 7.39. The van der Waals surface area contributed by atoms with Crippen molar-refractivity contribution < 1.29 is 14.1 Å². The average Bonchev–Trinajstić information content (AvgIpc) is 3.09. The first-order chi connectivity index (χ1) is 12.2. The predicted molar refractivity (Wildman–Crippen MR) is 86.9 cm³/mol. The second-order valence-electron chi connectivity index (χ2n) is 4.90. The van der Waals surface area contributed by atoms with Crippen LogP contribution >= 0.6 is 0 Å². The Morgan fingerprint density at radius 2 is 2.24 bits per heavy atom. The number of hydrogen-bond donors (Lipinski definition) is 2. The molecular weight excluding hydrogens is 326 g/mol. The lowest BCUT2D eigenvalue weighted by molar-refractivity contribution is 0.0941. The van der Waals surface area contributed by atoms with E-state index < -0.39 is 0 Å². The predicted octanol–water partition coefficient (Wildman–Crippen LogP) is 1.15. The summed E-state index contributed by atoms with van der Waals surface area (Å²) in [7, 11) is 0. The maximum atomic E-state index is 12.3. The lowest BCUT2D eigenvalue weighted by atomic mass is 10.2. The smallest absolute Gasteiger partial charge is 0.259 e. The number of amides is 1. The molecule has 9 heteroatoms. The van der Waals surface area contributed by atoms with Crippen LogP contribution in [0.25, 0.3) is 11.4 Å². The molecule has 0 aliphatic rings. The Morgan fingerprint density at radius 1 is 1.36 bits per heavy atom. The molecule has 0 aliphatic heterocycles. The summed E-state index contributed by atoms with van der Waals surface area (Å²) in [6.45, 7) is 2.22. The Bertz CT molecular complexity index is 934. The minimum atomic E-state index is -0.381. The molecular formula is C16H15N5O4. The van der Waals surface area contributed by atoms with Crippen molar-refractivity contribution in [1.82, 2.24) is 25.4 Å². The van der Waals surface area contributed by atoms with E-state index in [0.717, 1.165) is 0 Å². The summed E-state index contributed by atoms with van der Waals surface area (Å²) in [5.74, 6) is 0.203. The zero-order valence-corrected chi connectivity index (χ0v) is 13.4. The monoisotopic (exact) mass is 341 g/mol. The standard InChI is InChI=1S/C16H15N5O4/c1-2-24-16-11(6-4-8-18-16)15(23)19-9-12-20-13(21-25-12)10-5-3-7-17-14(10)22/h3-8H,2,9H2,1H3,(H,17,22)(H,19,23). The van der Waals surface area contributed by atoms with Crippen LogP contribution < -0.4 is 15.6 Å². The maximum Gasteiger partial charge on any atom is 0.259 e. The highest BCUT2D eigenvalue weighted by molar-refractivity contribution is 5.96. The van der Waals surface area contributed by atoms with Gasteiger partial charge in [-0.1, -0.05) is 5.16 Å². The number of pyridine rings is 2. The van der Waals surface area contributed by atoms with E-state index >= 15 is 0 Å². The van der Waals surface area contributed by atoms with Crippen LogP contribution in [0.15, 0.2) is 46.0 Å². The number of aromatic amines is 1. The molecule has 0 saturated carbocycles. The van der Waals surface area contributed by atoms with E-state index in [4.69, 9.17) is 9.26 Å². The Balaban J connectivity index is 1.70. The van der Waals surface area contributed by atoms with Gasteiger partial charge in [0.1, 0.15) is 5.56 Å². The van der Waals surface area contributed by atoms with Crippen LogP contribution in [0.2, 0.25) is 0 Å². The quantitative estimate of drug-likeness (QED) is 0.689. The molecule has 0 spiro atoms. The molecule has 0 saturated heterocycles. The van der Waals surface area contributed by atoms with E-state index in [0.29, 0.717) is 12.2 Å². The number of H-pyrrole nitrogens is 1. The van der Waals surface area contributed by atoms with Gasteiger partial charge < -0.3 is 19.6 Å². The van der Waals surface area contributed by atoms with Crippen LogP contribution in [0.4, 0.5) is 0 Å². The number of nitrogens with zero attached hydrogens (tertiary/aromatic N) is 3. The summed E-state index contributed by atoms with van der Waals surface area (Å²) in [4.78, 5) is 34.6. The molecule has 3 heterocycles. The first-order valence-corrected chi connectivity index (χ1v) is 7.55. The van der Waals surface area contributed by atoms with Gasteiger partial charge >= 0.3 is 0 Å². The second-order valence-corrected chi connectivity index (χ2v) is 4.90. The summed E-state index contributed by atoms with van der Waals surface area (Å²) < 4.78 is 10.4. The molecule has 0 unspecified atom stereocenters. The molecule has 0 atom stereocenters. The maximum absolute atomic E-state index is 12.3. The average molecular weight is 341 g/mol. The van der Waals surface area contributed by atoms with Crippen molar-refractivity contribution in [3.63, 3.8) is 0 Å². The number of hydrogen-bond acceptors (Lipinski definition) is 7. The molecule has 0 fully saturated rings. The van der Waals surface area contributed by atoms with Gasteiger partial charge in [0, 0.05) is 12.4 Å². The molecule has 1 amide bonds. The van der Waals surface area contributed by atoms with Crippen LogP contribution in [-0.2, 0) is 6.54 Å². The van der Waals surface area contributed by atoms with E-state index in [1.165, 1.54) is 6.20 Å². The highest BCUT2D eigenvalue weighted by Crippen LogP contribution is 2.14. The highest BCUT2D eigenvalue weighted by Gasteiger charge is 2.15. The molecule has 0 aromatic carbocycles. The first-order valence-electron chi connectivity index (χ1n) is 7.55. The molecule has 0 aliphatic carbocycles. The van der Waals surface area contributed by atoms with Crippen molar-refractivity contribution in [1.29, 1.82) is 0 Å². The molecule has 0 bridgehead atoms. The molecule has 0 radical (unpaired) electrons. The molecule has 128 valence electrons. The summed E-state index contributed by atoms with van der Waals surface area (Å²) in [6, 6.07) is 6.49. The van der Waals surface area contributed by atoms with Crippen LogP contribution in [0.1, 0.15) is 23.2 Å².